The molecule has 0 saturated heterocycles. The van der Waals surface area contributed by atoms with E-state index in [2.05, 4.69) is 16.6 Å². The number of alkyl halides is 1. The Balaban J connectivity index is 1.62. The van der Waals surface area contributed by atoms with Crippen LogP contribution in [0.2, 0.25) is 0 Å². The quantitative estimate of drug-likeness (QED) is 0.783. The van der Waals surface area contributed by atoms with Gasteiger partial charge in [-0.05, 0) is 68.6 Å². The van der Waals surface area contributed by atoms with Crippen molar-refractivity contribution in [3.05, 3.63) is 11.6 Å². The molecule has 21 heavy (non-hydrogen) atoms. The molecule has 3 nitrogen and oxygen atoms in total. The number of nitrogens with zero attached hydrogens (tertiary/aromatic N) is 3. The molecule has 5 aliphatic rings. The highest BCUT2D eigenvalue weighted by Crippen LogP contribution is 2.65. The van der Waals surface area contributed by atoms with Crippen molar-refractivity contribution in [3.63, 3.8) is 0 Å². The summed E-state index contributed by atoms with van der Waals surface area (Å²) in [5.41, 5.74) is 0.879. The molecule has 0 aromatic carbocycles. The largest absolute Gasteiger partial charge is 0.310 e. The second-order valence-corrected chi connectivity index (χ2v) is 8.99. The SMILES string of the molecule is CC12CC3CC(C1)CC(c1nnc(CCl)n1C1CC1)(C3)C2. The molecule has 4 bridgehead atoms. The number of rotatable bonds is 3. The van der Waals surface area contributed by atoms with Crippen molar-refractivity contribution in [2.75, 3.05) is 0 Å². The molecule has 5 fully saturated rings. The Labute approximate surface area is 131 Å². The van der Waals surface area contributed by atoms with Crippen LogP contribution in [0.1, 0.15) is 76.0 Å². The van der Waals surface area contributed by atoms with Crippen LogP contribution in [0.3, 0.4) is 0 Å². The van der Waals surface area contributed by atoms with Gasteiger partial charge >= 0.3 is 0 Å². The van der Waals surface area contributed by atoms with Crippen molar-refractivity contribution in [2.24, 2.45) is 17.3 Å². The summed E-state index contributed by atoms with van der Waals surface area (Å²) in [5, 5.41) is 9.15. The van der Waals surface area contributed by atoms with Crippen molar-refractivity contribution in [3.8, 4) is 0 Å². The van der Waals surface area contributed by atoms with Gasteiger partial charge in [0.25, 0.3) is 0 Å². The molecule has 6 rings (SSSR count). The maximum atomic E-state index is 6.13. The minimum absolute atomic E-state index is 0.318. The molecular weight excluding hydrogens is 282 g/mol. The van der Waals surface area contributed by atoms with Gasteiger partial charge in [-0.25, -0.2) is 0 Å². The van der Waals surface area contributed by atoms with E-state index in [1.54, 1.807) is 0 Å². The van der Waals surface area contributed by atoms with E-state index < -0.39 is 0 Å². The maximum Gasteiger partial charge on any atom is 0.148 e. The Morgan fingerprint density at radius 2 is 1.86 bits per heavy atom. The summed E-state index contributed by atoms with van der Waals surface area (Å²) < 4.78 is 2.45. The van der Waals surface area contributed by atoms with E-state index in [1.807, 2.05) is 0 Å². The lowest BCUT2D eigenvalue weighted by Gasteiger charge is -2.60. The molecular formula is C17H24ClN3. The summed E-state index contributed by atoms with van der Waals surface area (Å²) in [6, 6.07) is 0.643. The first-order valence-corrected chi connectivity index (χ1v) is 9.15. The molecule has 0 amide bonds. The van der Waals surface area contributed by atoms with Gasteiger partial charge in [0.05, 0.1) is 5.88 Å². The molecule has 0 spiro atoms. The fourth-order valence-corrected chi connectivity index (χ4v) is 6.66. The Morgan fingerprint density at radius 1 is 1.14 bits per heavy atom. The van der Waals surface area contributed by atoms with Crippen LogP contribution in [0.4, 0.5) is 0 Å². The van der Waals surface area contributed by atoms with Gasteiger partial charge in [-0.2, -0.15) is 0 Å². The van der Waals surface area contributed by atoms with Crippen molar-refractivity contribution < 1.29 is 0 Å². The van der Waals surface area contributed by atoms with E-state index in [1.165, 1.54) is 57.2 Å². The van der Waals surface area contributed by atoms with E-state index >= 15 is 0 Å². The zero-order valence-electron chi connectivity index (χ0n) is 12.8. The van der Waals surface area contributed by atoms with E-state index in [9.17, 15) is 0 Å². The molecule has 5 saturated carbocycles. The second-order valence-electron chi connectivity index (χ2n) is 8.73. The third-order valence-electron chi connectivity index (χ3n) is 6.63. The van der Waals surface area contributed by atoms with Crippen LogP contribution < -0.4 is 0 Å². The van der Waals surface area contributed by atoms with E-state index in [-0.39, 0.29) is 0 Å². The van der Waals surface area contributed by atoms with Crippen LogP contribution in [-0.2, 0) is 11.3 Å². The molecule has 5 aliphatic carbocycles. The Bertz CT molecular complexity index is 575. The molecule has 0 N–H and O–H groups in total. The molecule has 4 heteroatoms. The van der Waals surface area contributed by atoms with E-state index in [0.29, 0.717) is 22.8 Å². The number of hydrogen-bond donors (Lipinski definition) is 0. The number of aromatic nitrogens is 3. The predicted molar refractivity (Wildman–Crippen MR) is 82.3 cm³/mol. The molecule has 1 aromatic heterocycles. The summed E-state index contributed by atoms with van der Waals surface area (Å²) in [6.45, 7) is 2.53. The average molecular weight is 306 g/mol. The average Bonchev–Trinajstić information content (AvgIpc) is 3.14. The van der Waals surface area contributed by atoms with Crippen molar-refractivity contribution in [1.29, 1.82) is 0 Å². The normalized spacial score (nSPS) is 44.5. The van der Waals surface area contributed by atoms with Crippen LogP contribution in [0.25, 0.3) is 0 Å². The van der Waals surface area contributed by atoms with Gasteiger partial charge in [0.15, 0.2) is 0 Å². The van der Waals surface area contributed by atoms with Crippen molar-refractivity contribution >= 4 is 11.6 Å². The van der Waals surface area contributed by atoms with Crippen LogP contribution in [0.15, 0.2) is 0 Å². The maximum absolute atomic E-state index is 6.13. The van der Waals surface area contributed by atoms with Gasteiger partial charge in [0, 0.05) is 11.5 Å². The summed E-state index contributed by atoms with van der Waals surface area (Å²) in [4.78, 5) is 0. The van der Waals surface area contributed by atoms with E-state index in [0.717, 1.165) is 17.7 Å². The minimum atomic E-state index is 0.318. The predicted octanol–water partition coefficient (Wildman–Crippen LogP) is 4.21. The summed E-state index contributed by atoms with van der Waals surface area (Å²) in [5.74, 6) is 4.68. The molecule has 2 unspecified atom stereocenters. The lowest BCUT2D eigenvalue weighted by Crippen LogP contribution is -2.53. The Hall–Kier alpha value is -0.570. The second kappa shape index (κ2) is 4.04. The topological polar surface area (TPSA) is 30.7 Å². The molecule has 1 aromatic rings. The van der Waals surface area contributed by atoms with Crippen molar-refractivity contribution in [2.45, 2.75) is 75.6 Å². The first kappa shape index (κ1) is 12.9. The van der Waals surface area contributed by atoms with Gasteiger partial charge in [0.1, 0.15) is 11.6 Å². The molecule has 2 atom stereocenters. The zero-order chi connectivity index (χ0) is 14.2. The van der Waals surface area contributed by atoms with Gasteiger partial charge < -0.3 is 4.57 Å². The fraction of sp³-hybridized carbons (Fsp3) is 0.882. The lowest BCUT2D eigenvalue weighted by atomic mass is 9.44. The Kier molecular flexibility index (Phi) is 2.48. The van der Waals surface area contributed by atoms with Gasteiger partial charge in [0.2, 0.25) is 0 Å². The highest BCUT2D eigenvalue weighted by Gasteiger charge is 2.58. The van der Waals surface area contributed by atoms with Crippen LogP contribution in [0, 0.1) is 17.3 Å². The van der Waals surface area contributed by atoms with E-state index in [4.69, 9.17) is 16.7 Å². The van der Waals surface area contributed by atoms with Crippen LogP contribution in [-0.4, -0.2) is 14.8 Å². The first-order valence-electron chi connectivity index (χ1n) is 8.61. The minimum Gasteiger partial charge on any atom is -0.310 e. The standard InChI is InChI=1S/C17H24ClN3/c1-16-5-11-4-12(6-16)8-17(7-11,10-16)15-20-19-14(9-18)21(15)13-2-3-13/h11-13H,2-10H2,1H3. The zero-order valence-corrected chi connectivity index (χ0v) is 13.6. The summed E-state index contributed by atoms with van der Waals surface area (Å²) in [6.07, 6.45) is 11.0. The van der Waals surface area contributed by atoms with Crippen LogP contribution in [0.5, 0.6) is 0 Å². The molecule has 114 valence electrons. The number of hydrogen-bond acceptors (Lipinski definition) is 2. The van der Waals surface area contributed by atoms with Gasteiger partial charge in [-0.1, -0.05) is 6.92 Å². The van der Waals surface area contributed by atoms with Crippen LogP contribution >= 0.6 is 11.6 Å². The summed E-state index contributed by atoms with van der Waals surface area (Å²) in [7, 11) is 0. The number of halogens is 1. The smallest absolute Gasteiger partial charge is 0.148 e. The monoisotopic (exact) mass is 305 g/mol. The third-order valence-corrected chi connectivity index (χ3v) is 6.86. The highest BCUT2D eigenvalue weighted by molar-refractivity contribution is 6.16. The van der Waals surface area contributed by atoms with Crippen molar-refractivity contribution in [1.82, 2.24) is 14.8 Å². The van der Waals surface area contributed by atoms with Gasteiger partial charge in [-0.3, -0.25) is 0 Å². The molecule has 0 aliphatic heterocycles. The molecule has 1 heterocycles. The first-order chi connectivity index (χ1) is 10.1. The lowest BCUT2D eigenvalue weighted by molar-refractivity contribution is -0.0661. The Morgan fingerprint density at radius 3 is 2.43 bits per heavy atom. The third kappa shape index (κ3) is 1.79. The fourth-order valence-electron chi connectivity index (χ4n) is 6.47. The van der Waals surface area contributed by atoms with Gasteiger partial charge in [-0.15, -0.1) is 21.8 Å². The highest BCUT2D eigenvalue weighted by atomic mass is 35.5. The summed E-state index contributed by atoms with van der Waals surface area (Å²) >= 11 is 6.13. The molecule has 0 radical (unpaired) electrons.